The van der Waals surface area contributed by atoms with Gasteiger partial charge in [-0.2, -0.15) is 0 Å². The van der Waals surface area contributed by atoms with Crippen molar-refractivity contribution in [2.75, 3.05) is 19.3 Å². The molecule has 0 radical (unpaired) electrons. The lowest BCUT2D eigenvalue weighted by molar-refractivity contribution is -0.134. The Morgan fingerprint density at radius 3 is 2.47 bits per heavy atom. The molecule has 0 unspecified atom stereocenters. The van der Waals surface area contributed by atoms with Crippen LogP contribution in [-0.4, -0.2) is 36.9 Å². The van der Waals surface area contributed by atoms with Crippen LogP contribution in [-0.2, 0) is 14.3 Å². The van der Waals surface area contributed by atoms with E-state index in [2.05, 4.69) is 9.72 Å². The second-order valence-electron chi connectivity index (χ2n) is 5.96. The first-order valence-electron chi connectivity index (χ1n) is 8.75. The highest BCUT2D eigenvalue weighted by atomic mass is 32.1. The van der Waals surface area contributed by atoms with Gasteiger partial charge in [-0.05, 0) is 36.4 Å². The lowest BCUT2D eigenvalue weighted by Crippen LogP contribution is -2.32. The summed E-state index contributed by atoms with van der Waals surface area (Å²) in [5.41, 5.74) is 1.02. The van der Waals surface area contributed by atoms with Crippen molar-refractivity contribution in [1.29, 1.82) is 0 Å². The number of hydrogen-bond donors (Lipinski definition) is 0. The summed E-state index contributed by atoms with van der Waals surface area (Å²) in [4.78, 5) is 45.8. The van der Waals surface area contributed by atoms with E-state index in [1.54, 1.807) is 0 Å². The summed E-state index contributed by atoms with van der Waals surface area (Å²) in [6.07, 6.45) is 2.13. The summed E-state index contributed by atoms with van der Waals surface area (Å²) >= 11 is 1.31. The molecule has 0 aliphatic carbocycles. The third-order valence-corrected chi connectivity index (χ3v) is 4.96. The van der Waals surface area contributed by atoms with Crippen LogP contribution >= 0.6 is 11.3 Å². The van der Waals surface area contributed by atoms with E-state index < -0.39 is 11.8 Å². The number of amides is 1. The second-order valence-corrected chi connectivity index (χ2v) is 6.96. The van der Waals surface area contributed by atoms with E-state index in [0.717, 1.165) is 27.4 Å². The Labute approximate surface area is 176 Å². The Balaban J connectivity index is 1.88. The predicted molar refractivity (Wildman–Crippen MR) is 112 cm³/mol. The molecule has 0 spiro atoms. The van der Waals surface area contributed by atoms with E-state index in [1.807, 2.05) is 24.3 Å². The van der Waals surface area contributed by atoms with Crippen molar-refractivity contribution in [2.24, 2.45) is 0 Å². The Morgan fingerprint density at radius 2 is 1.80 bits per heavy atom. The van der Waals surface area contributed by atoms with Gasteiger partial charge in [-0.25, -0.2) is 9.78 Å². The fraction of sp³-hybridized carbons (Fsp3) is 0.143. The summed E-state index contributed by atoms with van der Waals surface area (Å²) in [6.45, 7) is 1.36. The van der Waals surface area contributed by atoms with Crippen LogP contribution < -0.4 is 14.6 Å². The Morgan fingerprint density at radius 1 is 1.03 bits per heavy atom. The van der Waals surface area contributed by atoms with Crippen LogP contribution in [0.1, 0.15) is 17.3 Å². The lowest BCUT2D eigenvalue weighted by atomic mass is 10.1. The van der Waals surface area contributed by atoms with Crippen molar-refractivity contribution >= 4 is 44.3 Å². The molecule has 0 bridgehead atoms. The van der Waals surface area contributed by atoms with Gasteiger partial charge in [-0.3, -0.25) is 9.59 Å². The quantitative estimate of drug-likeness (QED) is 0.247. The van der Waals surface area contributed by atoms with E-state index >= 15 is 0 Å². The minimum absolute atomic E-state index is 0.223. The number of rotatable bonds is 7. The largest absolute Gasteiger partial charge is 0.493 e. The zero-order valence-electron chi connectivity index (χ0n) is 16.4. The Kier molecular flexibility index (Phi) is 6.43. The highest BCUT2D eigenvalue weighted by Crippen LogP contribution is 2.33. The number of carbonyl (C=O) groups excluding carboxylic acids is 3. The summed E-state index contributed by atoms with van der Waals surface area (Å²) in [5, 5.41) is 1.44. The van der Waals surface area contributed by atoms with Crippen LogP contribution in [0.5, 0.6) is 11.5 Å². The number of hydrogen-bond acceptors (Lipinski definition) is 8. The number of fused-ring (bicyclic) bond motifs is 1. The van der Waals surface area contributed by atoms with E-state index in [4.69, 9.17) is 9.57 Å². The monoisotopic (exact) mass is 426 g/mol. The third kappa shape index (κ3) is 4.64. The standard InChI is InChI=1S/C21H18N2O6S/c1-13(24)23(21-22-15-6-4-5-7-19(15)30-21)29-17-10-8-14(12-18(17)27-2)16(25)9-11-20(26)28-3/h4-12H,1-3H3. The molecule has 30 heavy (non-hydrogen) atoms. The molecule has 8 nitrogen and oxygen atoms in total. The van der Waals surface area contributed by atoms with E-state index in [0.29, 0.717) is 5.13 Å². The summed E-state index contributed by atoms with van der Waals surface area (Å²) in [6, 6.07) is 11.9. The van der Waals surface area contributed by atoms with Crippen LogP contribution in [0.2, 0.25) is 0 Å². The van der Waals surface area contributed by atoms with Crippen LogP contribution in [0, 0.1) is 0 Å². The molecular formula is C21H18N2O6S. The molecule has 154 valence electrons. The SMILES string of the molecule is COC(=O)C=CC(=O)c1ccc(ON(C(C)=O)c2nc3ccccc3s2)c(OC)c1. The molecule has 9 heteroatoms. The fourth-order valence-electron chi connectivity index (χ4n) is 2.49. The molecule has 0 saturated heterocycles. The number of carbonyl (C=O) groups is 3. The first-order chi connectivity index (χ1) is 14.4. The van der Waals surface area contributed by atoms with Gasteiger partial charge in [0, 0.05) is 18.6 Å². The minimum Gasteiger partial charge on any atom is -0.493 e. The predicted octanol–water partition coefficient (Wildman–Crippen LogP) is 3.56. The lowest BCUT2D eigenvalue weighted by Gasteiger charge is -2.19. The molecule has 0 aliphatic heterocycles. The van der Waals surface area contributed by atoms with Gasteiger partial charge in [0.2, 0.25) is 5.13 Å². The van der Waals surface area contributed by atoms with Gasteiger partial charge >= 0.3 is 5.97 Å². The van der Waals surface area contributed by atoms with Gasteiger partial charge in [0.05, 0.1) is 24.4 Å². The number of methoxy groups -OCH3 is 2. The average molecular weight is 426 g/mol. The number of ether oxygens (including phenoxy) is 2. The van der Waals surface area contributed by atoms with Gasteiger partial charge in [0.15, 0.2) is 17.3 Å². The number of para-hydroxylation sites is 1. The number of benzene rings is 2. The van der Waals surface area contributed by atoms with Gasteiger partial charge in [-0.1, -0.05) is 23.5 Å². The number of aromatic nitrogens is 1. The first kappa shape index (κ1) is 21.0. The highest BCUT2D eigenvalue weighted by molar-refractivity contribution is 7.22. The molecular weight excluding hydrogens is 408 g/mol. The maximum Gasteiger partial charge on any atom is 0.330 e. The minimum atomic E-state index is -0.636. The second kappa shape index (κ2) is 9.19. The normalized spacial score (nSPS) is 10.8. The molecule has 0 N–H and O–H groups in total. The number of thiazole rings is 1. The van der Waals surface area contributed by atoms with Crippen molar-refractivity contribution in [1.82, 2.24) is 4.98 Å². The van der Waals surface area contributed by atoms with Crippen molar-refractivity contribution in [3.05, 3.63) is 60.2 Å². The van der Waals surface area contributed by atoms with Gasteiger partial charge in [0.25, 0.3) is 5.91 Å². The molecule has 3 rings (SSSR count). The first-order valence-corrected chi connectivity index (χ1v) is 9.57. The van der Waals surface area contributed by atoms with Crippen molar-refractivity contribution < 1.29 is 28.7 Å². The highest BCUT2D eigenvalue weighted by Gasteiger charge is 2.21. The summed E-state index contributed by atoms with van der Waals surface area (Å²) in [5.74, 6) is -0.972. The van der Waals surface area contributed by atoms with Crippen LogP contribution in [0.15, 0.2) is 54.6 Å². The van der Waals surface area contributed by atoms with Crippen LogP contribution in [0.25, 0.3) is 10.2 Å². The molecule has 3 aromatic rings. The number of allylic oxidation sites excluding steroid dienone is 1. The van der Waals surface area contributed by atoms with E-state index in [9.17, 15) is 14.4 Å². The topological polar surface area (TPSA) is 95.0 Å². The summed E-state index contributed by atoms with van der Waals surface area (Å²) < 4.78 is 10.7. The van der Waals surface area contributed by atoms with Gasteiger partial charge in [0.1, 0.15) is 0 Å². The summed E-state index contributed by atoms with van der Waals surface area (Å²) in [7, 11) is 2.63. The molecule has 0 aliphatic rings. The Bertz CT molecular complexity index is 1100. The molecule has 0 fully saturated rings. The molecule has 1 aromatic heterocycles. The molecule has 2 aromatic carbocycles. The average Bonchev–Trinajstić information content (AvgIpc) is 3.18. The van der Waals surface area contributed by atoms with Gasteiger partial charge < -0.3 is 14.3 Å². The van der Waals surface area contributed by atoms with E-state index in [1.165, 1.54) is 50.7 Å². The van der Waals surface area contributed by atoms with E-state index in [-0.39, 0.29) is 23.0 Å². The Hall–Kier alpha value is -3.72. The fourth-order valence-corrected chi connectivity index (χ4v) is 3.44. The number of hydroxylamine groups is 1. The van der Waals surface area contributed by atoms with Crippen LogP contribution in [0.3, 0.4) is 0 Å². The number of esters is 1. The number of anilines is 1. The number of nitrogens with zero attached hydrogens (tertiary/aromatic N) is 2. The molecule has 0 atom stereocenters. The maximum atomic E-state index is 12.2. The molecule has 1 amide bonds. The maximum absolute atomic E-state index is 12.2. The van der Waals surface area contributed by atoms with Gasteiger partial charge in [-0.15, -0.1) is 5.06 Å². The van der Waals surface area contributed by atoms with Crippen molar-refractivity contribution in [3.8, 4) is 11.5 Å². The van der Waals surface area contributed by atoms with Crippen molar-refractivity contribution in [3.63, 3.8) is 0 Å². The third-order valence-electron chi connectivity index (χ3n) is 3.95. The van der Waals surface area contributed by atoms with Crippen molar-refractivity contribution in [2.45, 2.75) is 6.92 Å². The molecule has 0 saturated carbocycles. The molecule has 1 heterocycles. The smallest absolute Gasteiger partial charge is 0.330 e. The van der Waals surface area contributed by atoms with Crippen LogP contribution in [0.4, 0.5) is 5.13 Å². The zero-order chi connectivity index (χ0) is 21.7. The zero-order valence-corrected chi connectivity index (χ0v) is 17.3. The number of ketones is 1.